The van der Waals surface area contributed by atoms with E-state index in [4.69, 9.17) is 10.2 Å². The minimum absolute atomic E-state index is 0.195. The van der Waals surface area contributed by atoms with E-state index in [0.717, 1.165) is 44.0 Å². The summed E-state index contributed by atoms with van der Waals surface area (Å²) in [5.41, 5.74) is 5.98. The minimum Gasteiger partial charge on any atom is -0.464 e. The summed E-state index contributed by atoms with van der Waals surface area (Å²) in [5.74, 6) is 2.05. The Balaban J connectivity index is 2.76. The number of rotatable bonds is 9. The molecule has 1 heterocycles. The number of hydrogen-bond acceptors (Lipinski definition) is 4. The molecule has 0 aliphatic heterocycles. The van der Waals surface area contributed by atoms with Gasteiger partial charge in [-0.15, -0.1) is 0 Å². The lowest BCUT2D eigenvalue weighted by molar-refractivity contribution is 0.162. The summed E-state index contributed by atoms with van der Waals surface area (Å²) in [5, 5.41) is 0. The van der Waals surface area contributed by atoms with Crippen LogP contribution in [-0.2, 0) is 6.42 Å². The maximum atomic E-state index is 5.98. The van der Waals surface area contributed by atoms with Gasteiger partial charge in [0.05, 0.1) is 6.04 Å². The second-order valence-electron chi connectivity index (χ2n) is 5.25. The molecule has 0 saturated carbocycles. The molecule has 1 unspecified atom stereocenters. The fourth-order valence-corrected chi connectivity index (χ4v) is 2.25. The molecular weight excluding hydrogens is 238 g/mol. The summed E-state index contributed by atoms with van der Waals surface area (Å²) >= 11 is 0. The smallest absolute Gasteiger partial charge is 0.122 e. The van der Waals surface area contributed by atoms with Gasteiger partial charge >= 0.3 is 0 Å². The van der Waals surface area contributed by atoms with Crippen molar-refractivity contribution in [2.24, 2.45) is 5.73 Å². The van der Waals surface area contributed by atoms with E-state index in [1.165, 1.54) is 0 Å². The zero-order valence-corrected chi connectivity index (χ0v) is 12.9. The maximum absolute atomic E-state index is 5.98. The van der Waals surface area contributed by atoms with E-state index in [-0.39, 0.29) is 6.04 Å². The molecule has 0 aliphatic rings. The van der Waals surface area contributed by atoms with Crippen molar-refractivity contribution in [3.05, 3.63) is 23.7 Å². The topological polar surface area (TPSA) is 45.6 Å². The van der Waals surface area contributed by atoms with E-state index in [2.05, 4.69) is 49.9 Å². The molecule has 1 aromatic rings. The Morgan fingerprint density at radius 2 is 1.89 bits per heavy atom. The van der Waals surface area contributed by atoms with Crippen molar-refractivity contribution in [1.82, 2.24) is 9.80 Å². The van der Waals surface area contributed by atoms with Gasteiger partial charge in [0.15, 0.2) is 0 Å². The van der Waals surface area contributed by atoms with Gasteiger partial charge in [-0.3, -0.25) is 4.90 Å². The SMILES string of the molecule is CCCN(CCN(C)C)C(CN)c1ccc(CC)o1. The molecule has 0 aliphatic carbocycles. The highest BCUT2D eigenvalue weighted by atomic mass is 16.3. The molecule has 110 valence electrons. The van der Waals surface area contributed by atoms with Crippen LogP contribution in [-0.4, -0.2) is 50.1 Å². The van der Waals surface area contributed by atoms with Crippen LogP contribution in [0, 0.1) is 0 Å². The van der Waals surface area contributed by atoms with Gasteiger partial charge in [0.25, 0.3) is 0 Å². The zero-order chi connectivity index (χ0) is 14.3. The van der Waals surface area contributed by atoms with E-state index >= 15 is 0 Å². The molecule has 4 heteroatoms. The molecule has 0 amide bonds. The molecule has 2 N–H and O–H groups in total. The summed E-state index contributed by atoms with van der Waals surface area (Å²) < 4.78 is 5.88. The number of furan rings is 1. The van der Waals surface area contributed by atoms with Crippen LogP contribution < -0.4 is 5.73 Å². The van der Waals surface area contributed by atoms with Gasteiger partial charge in [-0.25, -0.2) is 0 Å². The summed E-state index contributed by atoms with van der Waals surface area (Å²) in [6.07, 6.45) is 2.06. The highest BCUT2D eigenvalue weighted by molar-refractivity contribution is 5.11. The Morgan fingerprint density at radius 1 is 1.16 bits per heavy atom. The van der Waals surface area contributed by atoms with E-state index in [1.54, 1.807) is 0 Å². The molecule has 19 heavy (non-hydrogen) atoms. The third-order valence-electron chi connectivity index (χ3n) is 3.37. The fraction of sp³-hybridized carbons (Fsp3) is 0.733. The first-order chi connectivity index (χ1) is 9.12. The normalized spacial score (nSPS) is 13.4. The van der Waals surface area contributed by atoms with Crippen LogP contribution in [0.5, 0.6) is 0 Å². The van der Waals surface area contributed by atoms with Crippen molar-refractivity contribution in [3.63, 3.8) is 0 Å². The van der Waals surface area contributed by atoms with Crippen molar-refractivity contribution in [2.75, 3.05) is 40.3 Å². The summed E-state index contributed by atoms with van der Waals surface area (Å²) in [7, 11) is 4.20. The van der Waals surface area contributed by atoms with Crippen molar-refractivity contribution in [1.29, 1.82) is 0 Å². The summed E-state index contributed by atoms with van der Waals surface area (Å²) in [6, 6.07) is 4.34. The third kappa shape index (κ3) is 4.97. The number of hydrogen-bond donors (Lipinski definition) is 1. The molecule has 4 nitrogen and oxygen atoms in total. The average molecular weight is 267 g/mol. The number of likely N-dealkylation sites (N-methyl/N-ethyl adjacent to an activating group) is 1. The third-order valence-corrected chi connectivity index (χ3v) is 3.37. The van der Waals surface area contributed by atoms with Crippen LogP contribution in [0.4, 0.5) is 0 Å². The Hall–Kier alpha value is -0.840. The van der Waals surface area contributed by atoms with Crippen LogP contribution in [0.1, 0.15) is 37.8 Å². The first kappa shape index (κ1) is 16.2. The van der Waals surface area contributed by atoms with Gasteiger partial charge in [0.1, 0.15) is 11.5 Å². The van der Waals surface area contributed by atoms with Crippen LogP contribution in [0.3, 0.4) is 0 Å². The van der Waals surface area contributed by atoms with Gasteiger partial charge < -0.3 is 15.1 Å². The molecule has 0 saturated heterocycles. The highest BCUT2D eigenvalue weighted by Crippen LogP contribution is 2.22. The van der Waals surface area contributed by atoms with E-state index in [0.29, 0.717) is 6.54 Å². The zero-order valence-electron chi connectivity index (χ0n) is 12.9. The lowest BCUT2D eigenvalue weighted by atomic mass is 10.1. The Labute approximate surface area is 117 Å². The van der Waals surface area contributed by atoms with E-state index in [1.807, 2.05) is 0 Å². The lowest BCUT2D eigenvalue weighted by Crippen LogP contribution is -2.38. The quantitative estimate of drug-likeness (QED) is 0.744. The lowest BCUT2D eigenvalue weighted by Gasteiger charge is -2.30. The van der Waals surface area contributed by atoms with Crippen LogP contribution in [0.2, 0.25) is 0 Å². The van der Waals surface area contributed by atoms with Crippen molar-refractivity contribution < 1.29 is 4.42 Å². The Bertz CT molecular complexity index is 349. The first-order valence-corrected chi connectivity index (χ1v) is 7.29. The molecule has 0 bridgehead atoms. The van der Waals surface area contributed by atoms with Gasteiger partial charge in [0.2, 0.25) is 0 Å². The van der Waals surface area contributed by atoms with E-state index < -0.39 is 0 Å². The predicted octanol–water partition coefficient (Wildman–Crippen LogP) is 2.12. The van der Waals surface area contributed by atoms with Crippen molar-refractivity contribution in [2.45, 2.75) is 32.7 Å². The Kier molecular flexibility index (Phi) is 7.13. The van der Waals surface area contributed by atoms with Gasteiger partial charge in [-0.05, 0) is 39.2 Å². The molecule has 0 fully saturated rings. The molecule has 0 radical (unpaired) electrons. The standard InChI is InChI=1S/C15H29N3O/c1-5-9-18(11-10-17(3)4)14(12-16)15-8-7-13(6-2)19-15/h7-8,14H,5-6,9-12,16H2,1-4H3. The number of aryl methyl sites for hydroxylation is 1. The molecule has 0 aromatic carbocycles. The molecule has 1 atom stereocenters. The van der Waals surface area contributed by atoms with Crippen molar-refractivity contribution in [3.8, 4) is 0 Å². The first-order valence-electron chi connectivity index (χ1n) is 7.29. The van der Waals surface area contributed by atoms with Crippen molar-refractivity contribution >= 4 is 0 Å². The average Bonchev–Trinajstić information content (AvgIpc) is 2.85. The summed E-state index contributed by atoms with van der Waals surface area (Å²) in [4.78, 5) is 4.63. The molecule has 1 rings (SSSR count). The second-order valence-corrected chi connectivity index (χ2v) is 5.25. The van der Waals surface area contributed by atoms with Crippen LogP contribution >= 0.6 is 0 Å². The maximum Gasteiger partial charge on any atom is 0.122 e. The van der Waals surface area contributed by atoms with Gasteiger partial charge in [-0.1, -0.05) is 13.8 Å². The van der Waals surface area contributed by atoms with E-state index in [9.17, 15) is 0 Å². The van der Waals surface area contributed by atoms with Gasteiger partial charge in [0, 0.05) is 26.1 Å². The van der Waals surface area contributed by atoms with Crippen LogP contribution in [0.25, 0.3) is 0 Å². The largest absolute Gasteiger partial charge is 0.464 e. The molecule has 0 spiro atoms. The highest BCUT2D eigenvalue weighted by Gasteiger charge is 2.21. The number of nitrogens with zero attached hydrogens (tertiary/aromatic N) is 2. The fourth-order valence-electron chi connectivity index (χ4n) is 2.25. The summed E-state index contributed by atoms with van der Waals surface area (Å²) in [6.45, 7) is 8.02. The monoisotopic (exact) mass is 267 g/mol. The Morgan fingerprint density at radius 3 is 2.37 bits per heavy atom. The van der Waals surface area contributed by atoms with Crippen LogP contribution in [0.15, 0.2) is 16.5 Å². The number of nitrogens with two attached hydrogens (primary N) is 1. The second kappa shape index (κ2) is 8.35. The predicted molar refractivity (Wildman–Crippen MR) is 80.3 cm³/mol. The molecular formula is C15H29N3O. The minimum atomic E-state index is 0.195. The molecule has 1 aromatic heterocycles. The van der Waals surface area contributed by atoms with Gasteiger partial charge in [-0.2, -0.15) is 0 Å².